The molecule has 0 unspecified atom stereocenters. The highest BCUT2D eigenvalue weighted by molar-refractivity contribution is 9.10. The van der Waals surface area contributed by atoms with E-state index in [1.54, 1.807) is 16.7 Å². The van der Waals surface area contributed by atoms with E-state index in [0.717, 1.165) is 23.7 Å². The lowest BCUT2D eigenvalue weighted by Gasteiger charge is -2.13. The summed E-state index contributed by atoms with van der Waals surface area (Å²) in [6.45, 7) is 3.03. The molecule has 26 heavy (non-hydrogen) atoms. The zero-order chi connectivity index (χ0) is 18.9. The second kappa shape index (κ2) is 10.3. The predicted octanol–water partition coefficient (Wildman–Crippen LogP) is 3.47. The Kier molecular flexibility index (Phi) is 8.13. The molecule has 0 atom stereocenters. The number of nitrogens with zero attached hydrogens (tertiary/aromatic N) is 3. The molecule has 0 bridgehead atoms. The maximum atomic E-state index is 12.9. The van der Waals surface area contributed by atoms with Crippen molar-refractivity contribution in [3.63, 3.8) is 0 Å². The molecule has 1 N–H and O–H groups in total. The fraction of sp³-hybridized carbons (Fsp3) is 0.444. The molecule has 1 aromatic heterocycles. The molecule has 0 aliphatic carbocycles. The Labute approximate surface area is 165 Å². The molecule has 0 fully saturated rings. The average molecular weight is 437 g/mol. The Morgan fingerprint density at radius 1 is 1.42 bits per heavy atom. The molecule has 138 valence electrons. The lowest BCUT2D eigenvalue weighted by Crippen LogP contribution is -2.27. The van der Waals surface area contributed by atoms with Gasteiger partial charge in [0.1, 0.15) is 0 Å². The maximum Gasteiger partial charge on any atom is 0.262 e. The summed E-state index contributed by atoms with van der Waals surface area (Å²) in [7, 11) is 0. The molecule has 2 rings (SSSR count). The summed E-state index contributed by atoms with van der Waals surface area (Å²) < 4.78 is 2.50. The van der Waals surface area contributed by atoms with Crippen LogP contribution >= 0.6 is 27.7 Å². The van der Waals surface area contributed by atoms with Crippen LogP contribution in [0, 0.1) is 11.3 Å². The molecule has 6 nitrogen and oxygen atoms in total. The molecule has 2 aromatic rings. The van der Waals surface area contributed by atoms with Crippen LogP contribution in [0.5, 0.6) is 0 Å². The van der Waals surface area contributed by atoms with Crippen LogP contribution in [0.3, 0.4) is 0 Å². The summed E-state index contributed by atoms with van der Waals surface area (Å²) in [4.78, 5) is 29.4. The molecule has 0 saturated heterocycles. The van der Waals surface area contributed by atoms with E-state index in [9.17, 15) is 9.59 Å². The predicted molar refractivity (Wildman–Crippen MR) is 107 cm³/mol. The van der Waals surface area contributed by atoms with Crippen molar-refractivity contribution >= 4 is 44.5 Å². The normalized spacial score (nSPS) is 10.7. The van der Waals surface area contributed by atoms with Crippen LogP contribution in [0.4, 0.5) is 0 Å². The van der Waals surface area contributed by atoms with Crippen LogP contribution in [-0.2, 0) is 11.3 Å². The van der Waals surface area contributed by atoms with Gasteiger partial charge in [0.05, 0.1) is 29.1 Å². The smallest absolute Gasteiger partial charge is 0.262 e. The second-order valence-electron chi connectivity index (χ2n) is 5.77. The van der Waals surface area contributed by atoms with Gasteiger partial charge < -0.3 is 5.32 Å². The maximum absolute atomic E-state index is 12.9. The Morgan fingerprint density at radius 3 is 2.96 bits per heavy atom. The van der Waals surface area contributed by atoms with Gasteiger partial charge in [0.15, 0.2) is 5.16 Å². The van der Waals surface area contributed by atoms with E-state index in [4.69, 9.17) is 5.26 Å². The lowest BCUT2D eigenvalue weighted by molar-refractivity contribution is -0.118. The van der Waals surface area contributed by atoms with Crippen molar-refractivity contribution in [3.05, 3.63) is 33.0 Å². The fourth-order valence-electron chi connectivity index (χ4n) is 2.44. The molecule has 1 aromatic carbocycles. The number of carbonyl (C=O) groups is 1. The van der Waals surface area contributed by atoms with Gasteiger partial charge in [-0.25, -0.2) is 4.98 Å². The largest absolute Gasteiger partial charge is 0.354 e. The van der Waals surface area contributed by atoms with Crippen molar-refractivity contribution < 1.29 is 4.79 Å². The molecule has 0 spiro atoms. The fourth-order valence-corrected chi connectivity index (χ4v) is 3.66. The van der Waals surface area contributed by atoms with E-state index in [1.165, 1.54) is 11.8 Å². The van der Waals surface area contributed by atoms with E-state index in [1.807, 2.05) is 12.1 Å². The number of benzene rings is 1. The summed E-state index contributed by atoms with van der Waals surface area (Å²) >= 11 is 4.65. The van der Waals surface area contributed by atoms with Gasteiger partial charge in [0, 0.05) is 17.6 Å². The van der Waals surface area contributed by atoms with Gasteiger partial charge in [-0.2, -0.15) is 5.26 Å². The number of rotatable bonds is 9. The molecule has 1 amide bonds. The van der Waals surface area contributed by atoms with Crippen molar-refractivity contribution in [2.24, 2.45) is 0 Å². The molecule has 1 heterocycles. The third-order valence-corrected chi connectivity index (χ3v) is 5.23. The van der Waals surface area contributed by atoms with Crippen LogP contribution < -0.4 is 10.9 Å². The van der Waals surface area contributed by atoms with E-state index in [0.29, 0.717) is 29.1 Å². The number of nitriles is 1. The Morgan fingerprint density at radius 2 is 2.23 bits per heavy atom. The number of halogens is 1. The van der Waals surface area contributed by atoms with Gasteiger partial charge in [-0.1, -0.05) is 47.5 Å². The summed E-state index contributed by atoms with van der Waals surface area (Å²) in [6, 6.07) is 7.41. The summed E-state index contributed by atoms with van der Waals surface area (Å²) in [5, 5.41) is 12.3. The van der Waals surface area contributed by atoms with E-state index in [2.05, 4.69) is 33.2 Å². The molecular formula is C18H21BrN4O2S. The number of fused-ring (bicyclic) bond motifs is 1. The Bertz CT molecular complexity index is 876. The first-order valence-electron chi connectivity index (χ1n) is 8.53. The third kappa shape index (κ3) is 5.58. The number of carbonyl (C=O) groups excluding carboxylic acids is 1. The minimum absolute atomic E-state index is 0.0835. The van der Waals surface area contributed by atoms with E-state index in [-0.39, 0.29) is 23.6 Å². The van der Waals surface area contributed by atoms with Gasteiger partial charge >= 0.3 is 0 Å². The van der Waals surface area contributed by atoms with E-state index >= 15 is 0 Å². The monoisotopic (exact) mass is 436 g/mol. The first-order valence-corrected chi connectivity index (χ1v) is 10.3. The van der Waals surface area contributed by atoms with Crippen LogP contribution in [0.15, 0.2) is 32.6 Å². The number of hydrogen-bond donors (Lipinski definition) is 1. The van der Waals surface area contributed by atoms with Gasteiger partial charge in [-0.15, -0.1) is 0 Å². The van der Waals surface area contributed by atoms with E-state index < -0.39 is 0 Å². The Balaban J connectivity index is 2.26. The first kappa shape index (κ1) is 20.5. The number of hydrogen-bond acceptors (Lipinski definition) is 5. The first-order chi connectivity index (χ1) is 12.6. The SMILES string of the molecule is CCCCCn1c(SCC(=O)NCCC#N)nc2ccc(Br)cc2c1=O. The summed E-state index contributed by atoms with van der Waals surface area (Å²) in [5.74, 6) is -0.0104. The number of thioether (sulfide) groups is 1. The number of nitrogens with one attached hydrogen (secondary N) is 1. The van der Waals surface area contributed by atoms with Gasteiger partial charge in [0.2, 0.25) is 5.91 Å². The highest BCUT2D eigenvalue weighted by Crippen LogP contribution is 2.21. The van der Waals surface area contributed by atoms with Crippen LogP contribution in [0.1, 0.15) is 32.6 Å². The van der Waals surface area contributed by atoms with Gasteiger partial charge in [-0.05, 0) is 24.6 Å². The lowest BCUT2D eigenvalue weighted by atomic mass is 10.2. The highest BCUT2D eigenvalue weighted by Gasteiger charge is 2.13. The molecule has 8 heteroatoms. The Hall–Kier alpha value is -1.85. The highest BCUT2D eigenvalue weighted by atomic mass is 79.9. The van der Waals surface area contributed by atoms with Crippen LogP contribution in [-0.4, -0.2) is 27.8 Å². The van der Waals surface area contributed by atoms with Crippen LogP contribution in [0.25, 0.3) is 10.9 Å². The van der Waals surface area contributed by atoms with Crippen molar-refractivity contribution in [2.45, 2.75) is 44.3 Å². The van der Waals surface area contributed by atoms with Crippen molar-refractivity contribution in [3.8, 4) is 6.07 Å². The standard InChI is InChI=1S/C18H21BrN4O2S/c1-2-3-4-10-23-17(25)14-11-13(19)6-7-15(14)22-18(23)26-12-16(24)21-9-5-8-20/h6-7,11H,2-5,9-10,12H2,1H3,(H,21,24). The van der Waals surface area contributed by atoms with Crippen LogP contribution in [0.2, 0.25) is 0 Å². The van der Waals surface area contributed by atoms with Gasteiger partial charge in [0.25, 0.3) is 5.56 Å². The summed E-state index contributed by atoms with van der Waals surface area (Å²) in [6.07, 6.45) is 3.26. The zero-order valence-corrected chi connectivity index (χ0v) is 17.0. The van der Waals surface area contributed by atoms with Crippen molar-refractivity contribution in [1.29, 1.82) is 5.26 Å². The molecule has 0 aliphatic rings. The minimum Gasteiger partial charge on any atom is -0.354 e. The van der Waals surface area contributed by atoms with Gasteiger partial charge in [-0.3, -0.25) is 14.2 Å². The molecule has 0 saturated carbocycles. The average Bonchev–Trinajstić information content (AvgIpc) is 2.63. The quantitative estimate of drug-likeness (QED) is 0.369. The molecule has 0 aliphatic heterocycles. The van der Waals surface area contributed by atoms with Crippen molar-refractivity contribution in [1.82, 2.24) is 14.9 Å². The third-order valence-electron chi connectivity index (χ3n) is 3.76. The second-order valence-corrected chi connectivity index (χ2v) is 7.62. The minimum atomic E-state index is -0.171. The number of unbranched alkanes of at least 4 members (excludes halogenated alkanes) is 2. The number of amides is 1. The van der Waals surface area contributed by atoms with Crippen molar-refractivity contribution in [2.75, 3.05) is 12.3 Å². The number of aromatic nitrogens is 2. The molecule has 0 radical (unpaired) electrons. The molecular weight excluding hydrogens is 416 g/mol. The topological polar surface area (TPSA) is 87.8 Å². The zero-order valence-electron chi connectivity index (χ0n) is 14.6. The summed E-state index contributed by atoms with van der Waals surface area (Å²) in [5.41, 5.74) is 0.539.